The van der Waals surface area contributed by atoms with Crippen molar-refractivity contribution in [3.63, 3.8) is 0 Å². The topological polar surface area (TPSA) is 76.8 Å². The van der Waals surface area contributed by atoms with Crippen LogP contribution in [0.15, 0.2) is 109 Å². The summed E-state index contributed by atoms with van der Waals surface area (Å²) in [4.78, 5) is 27.8. The molecule has 6 nitrogen and oxygen atoms in total. The summed E-state index contributed by atoms with van der Waals surface area (Å²) in [5.74, 6) is 0.0238. The van der Waals surface area contributed by atoms with E-state index < -0.39 is 0 Å². The minimum Gasteiger partial charge on any atom is -0.250 e. The smallest absolute Gasteiger partial charge is 0.178 e. The number of aromatic nitrogens is 5. The fraction of sp³-hybridized carbons (Fsp3) is 0.143. The van der Waals surface area contributed by atoms with E-state index >= 15 is 0 Å². The van der Waals surface area contributed by atoms with Crippen molar-refractivity contribution in [2.24, 2.45) is 4.99 Å². The van der Waals surface area contributed by atoms with Crippen LogP contribution in [0.2, 0.25) is 0 Å². The maximum Gasteiger partial charge on any atom is 0.178 e. The van der Waals surface area contributed by atoms with E-state index in [0.717, 1.165) is 11.4 Å². The van der Waals surface area contributed by atoms with E-state index in [0.29, 0.717) is 76.2 Å². The number of hydrogen-bond donors (Lipinski definition) is 0. The molecule has 0 bridgehead atoms. The summed E-state index contributed by atoms with van der Waals surface area (Å²) in [6.07, 6.45) is 3.32. The molecule has 0 amide bonds. The number of aryl methyl sites for hydroxylation is 3. The van der Waals surface area contributed by atoms with Gasteiger partial charge in [0.2, 0.25) is 0 Å². The second-order valence-corrected chi connectivity index (χ2v) is 10.1. The minimum absolute atomic E-state index is 0.338. The lowest BCUT2D eigenvalue weighted by molar-refractivity contribution is 0.630. The summed E-state index contributed by atoms with van der Waals surface area (Å²) < 4.78 is 29.5. The van der Waals surface area contributed by atoms with Crippen LogP contribution in [0.1, 0.15) is 36.3 Å². The predicted octanol–water partition coefficient (Wildman–Crippen LogP) is 7.93. The van der Waals surface area contributed by atoms with Gasteiger partial charge in [-0.05, 0) is 87.7 Å². The number of benzene rings is 2. The molecule has 214 valence electrons. The molecule has 0 unspecified atom stereocenters. The first-order valence-corrected chi connectivity index (χ1v) is 13.9. The molecule has 5 aromatic rings. The van der Waals surface area contributed by atoms with Gasteiger partial charge in [0.1, 0.15) is 23.0 Å². The van der Waals surface area contributed by atoms with Crippen molar-refractivity contribution >= 4 is 5.71 Å². The van der Waals surface area contributed by atoms with Gasteiger partial charge in [-0.3, -0.25) is 4.99 Å². The van der Waals surface area contributed by atoms with Crippen molar-refractivity contribution in [2.75, 3.05) is 0 Å². The second-order valence-electron chi connectivity index (χ2n) is 10.1. The number of hydrogen-bond acceptors (Lipinski definition) is 6. The molecule has 0 atom stereocenters. The summed E-state index contributed by atoms with van der Waals surface area (Å²) in [5.41, 5.74) is 5.62. The van der Waals surface area contributed by atoms with Gasteiger partial charge in [0, 0.05) is 33.9 Å². The Morgan fingerprint density at radius 3 is 1.93 bits per heavy atom. The Balaban J connectivity index is 1.48. The predicted molar refractivity (Wildman–Crippen MR) is 166 cm³/mol. The van der Waals surface area contributed by atoms with Crippen LogP contribution in [0.4, 0.5) is 8.78 Å². The third kappa shape index (κ3) is 7.16. The first kappa shape index (κ1) is 29.3. The van der Waals surface area contributed by atoms with Gasteiger partial charge in [-0.15, -0.1) is 0 Å². The average molecular weight is 573 g/mol. The fourth-order valence-electron chi connectivity index (χ4n) is 4.60. The van der Waals surface area contributed by atoms with Crippen LogP contribution in [0.3, 0.4) is 0 Å². The summed E-state index contributed by atoms with van der Waals surface area (Å²) >= 11 is 0. The summed E-state index contributed by atoms with van der Waals surface area (Å²) in [6, 6.07) is 22.2. The van der Waals surface area contributed by atoms with Crippen molar-refractivity contribution in [2.45, 2.75) is 33.1 Å². The molecule has 0 aliphatic heterocycles. The zero-order chi connectivity index (χ0) is 30.3. The largest absolute Gasteiger partial charge is 0.250 e. The molecule has 0 saturated heterocycles. The molecule has 0 fully saturated rings. The average Bonchev–Trinajstić information content (AvgIpc) is 3.00. The van der Waals surface area contributed by atoms with E-state index in [9.17, 15) is 8.78 Å². The Labute approximate surface area is 249 Å². The second kappa shape index (κ2) is 13.2. The van der Waals surface area contributed by atoms with Crippen LogP contribution in [0, 0.1) is 18.6 Å². The highest BCUT2D eigenvalue weighted by Gasteiger charge is 2.15. The molecule has 5 rings (SSSR count). The van der Waals surface area contributed by atoms with Crippen molar-refractivity contribution in [1.82, 2.24) is 24.9 Å². The van der Waals surface area contributed by atoms with Crippen LogP contribution >= 0.6 is 0 Å². The van der Waals surface area contributed by atoms with Crippen molar-refractivity contribution in [3.8, 4) is 34.0 Å². The van der Waals surface area contributed by atoms with Crippen LogP contribution < -0.4 is 0 Å². The van der Waals surface area contributed by atoms with Crippen molar-refractivity contribution in [1.29, 1.82) is 0 Å². The Hall–Kier alpha value is -5.24. The van der Waals surface area contributed by atoms with E-state index in [-0.39, 0.29) is 11.6 Å². The van der Waals surface area contributed by atoms with E-state index in [1.165, 1.54) is 12.1 Å². The zero-order valence-corrected chi connectivity index (χ0v) is 24.1. The molecule has 0 spiro atoms. The normalized spacial score (nSPS) is 11.4. The third-order valence-electron chi connectivity index (χ3n) is 6.58. The molecule has 8 heteroatoms. The highest BCUT2D eigenvalue weighted by Crippen LogP contribution is 2.26. The summed E-state index contributed by atoms with van der Waals surface area (Å²) in [5, 5.41) is 0. The Morgan fingerprint density at radius 1 is 0.744 bits per heavy atom. The number of halogens is 2. The van der Waals surface area contributed by atoms with E-state index in [4.69, 9.17) is 9.97 Å². The zero-order valence-electron chi connectivity index (χ0n) is 24.1. The number of nitrogens with zero attached hydrogens (tertiary/aromatic N) is 6. The third-order valence-corrected chi connectivity index (χ3v) is 6.58. The lowest BCUT2D eigenvalue weighted by atomic mass is 10.1. The molecule has 0 N–H and O–H groups in total. The Morgan fingerprint density at radius 2 is 1.35 bits per heavy atom. The number of pyridine rings is 1. The number of allylic oxidation sites excluding steroid dienone is 2. The highest BCUT2D eigenvalue weighted by atomic mass is 19.1. The summed E-state index contributed by atoms with van der Waals surface area (Å²) in [7, 11) is 0. The minimum atomic E-state index is -0.381. The van der Waals surface area contributed by atoms with Gasteiger partial charge in [0.05, 0.1) is 11.4 Å². The SMILES string of the molecule is C=CC(=NC(=C)C)c1nc(CCCc2cc(-c3ccccc3F)nc(-c3cccc(C)n3)n2)cc(-c2ccccc2F)n1. The molecule has 3 aromatic heterocycles. The van der Waals surface area contributed by atoms with E-state index in [1.807, 2.05) is 31.2 Å². The quantitative estimate of drug-likeness (QED) is 0.159. The molecule has 0 aliphatic carbocycles. The first-order chi connectivity index (χ1) is 20.8. The van der Waals surface area contributed by atoms with Gasteiger partial charge in [0.15, 0.2) is 11.6 Å². The van der Waals surface area contributed by atoms with Crippen LogP contribution in [0.5, 0.6) is 0 Å². The first-order valence-electron chi connectivity index (χ1n) is 13.9. The van der Waals surface area contributed by atoms with Crippen LogP contribution in [0.25, 0.3) is 34.0 Å². The van der Waals surface area contributed by atoms with Gasteiger partial charge in [0.25, 0.3) is 0 Å². The molecule has 0 aliphatic rings. The Kier molecular flexibility index (Phi) is 8.96. The number of aliphatic imine (C=N–C) groups is 1. The molecule has 0 radical (unpaired) electrons. The number of rotatable bonds is 10. The van der Waals surface area contributed by atoms with E-state index in [2.05, 4.69) is 33.1 Å². The van der Waals surface area contributed by atoms with Gasteiger partial charge in [-0.1, -0.05) is 43.5 Å². The monoisotopic (exact) mass is 572 g/mol. The molecule has 2 aromatic carbocycles. The maximum absolute atomic E-state index is 14.8. The van der Waals surface area contributed by atoms with Crippen LogP contribution in [-0.4, -0.2) is 30.6 Å². The Bertz CT molecular complexity index is 1850. The molecule has 0 saturated carbocycles. The standard InChI is InChI=1S/C35H30F2N6/c1-5-30(38-22(2)3)34-40-24(20-32(42-34)26-15-6-8-17-28(26)36)13-11-14-25-21-33(27-16-7-9-18-29(27)37)43-35(41-25)31-19-10-12-23(4)39-31/h5-10,12,15-21H,1-2,11,13-14H2,3-4H3. The molecule has 43 heavy (non-hydrogen) atoms. The van der Waals surface area contributed by atoms with Crippen molar-refractivity contribution in [3.05, 3.63) is 138 Å². The van der Waals surface area contributed by atoms with E-state index in [1.54, 1.807) is 55.5 Å². The molecular weight excluding hydrogens is 542 g/mol. The van der Waals surface area contributed by atoms with Crippen LogP contribution in [-0.2, 0) is 12.8 Å². The summed E-state index contributed by atoms with van der Waals surface area (Å²) in [6.45, 7) is 11.4. The maximum atomic E-state index is 14.8. The van der Waals surface area contributed by atoms with Gasteiger partial charge in [-0.2, -0.15) is 0 Å². The van der Waals surface area contributed by atoms with Gasteiger partial charge >= 0.3 is 0 Å². The van der Waals surface area contributed by atoms with Crippen molar-refractivity contribution < 1.29 is 8.78 Å². The van der Waals surface area contributed by atoms with Gasteiger partial charge in [-0.25, -0.2) is 33.7 Å². The van der Waals surface area contributed by atoms with Gasteiger partial charge < -0.3 is 0 Å². The molecule has 3 heterocycles. The molecular formula is C35H30F2N6. The fourth-order valence-corrected chi connectivity index (χ4v) is 4.60. The lowest BCUT2D eigenvalue weighted by Crippen LogP contribution is -2.09. The highest BCUT2D eigenvalue weighted by molar-refractivity contribution is 6.06. The lowest BCUT2D eigenvalue weighted by Gasteiger charge is -2.11.